The highest BCUT2D eigenvalue weighted by atomic mass is 35.5. The number of carbonyl (C=O) groups excluding carboxylic acids is 1. The van der Waals surface area contributed by atoms with Gasteiger partial charge >= 0.3 is 0 Å². The number of pyridine rings is 1. The monoisotopic (exact) mass is 215 g/mol. The summed E-state index contributed by atoms with van der Waals surface area (Å²) in [7, 11) is 3.05. The van der Waals surface area contributed by atoms with E-state index >= 15 is 0 Å². The molecule has 14 heavy (non-hydrogen) atoms. The van der Waals surface area contributed by atoms with Gasteiger partial charge in [0.05, 0.1) is 7.11 Å². The van der Waals surface area contributed by atoms with Gasteiger partial charge in [-0.25, -0.2) is 10.5 Å². The van der Waals surface area contributed by atoms with Crippen molar-refractivity contribution in [3.63, 3.8) is 0 Å². The molecule has 0 fully saturated rings. The number of amides is 1. The number of anilines is 1. The van der Waals surface area contributed by atoms with Crippen molar-refractivity contribution in [3.05, 3.63) is 22.8 Å². The molecule has 1 rings (SSSR count). The minimum Gasteiger partial charge on any atom is -0.373 e. The molecule has 5 nitrogen and oxygen atoms in total. The Morgan fingerprint density at radius 1 is 1.57 bits per heavy atom. The Kier molecular flexibility index (Phi) is 3.67. The second-order valence-electron chi connectivity index (χ2n) is 2.45. The summed E-state index contributed by atoms with van der Waals surface area (Å²) < 4.78 is 0. The standard InChI is InChI=1S/C8H10ClN3O2/c1-10-7-4-5(3-6(9)11-7)8(13)12-14-2/h3-4H,1-2H3,(H,10,11)(H,12,13). The fourth-order valence-electron chi connectivity index (χ4n) is 0.908. The summed E-state index contributed by atoms with van der Waals surface area (Å²) in [6, 6.07) is 3.02. The Bertz CT molecular complexity index is 343. The van der Waals surface area contributed by atoms with Gasteiger partial charge in [0.1, 0.15) is 11.0 Å². The van der Waals surface area contributed by atoms with E-state index in [9.17, 15) is 4.79 Å². The SMILES string of the molecule is CNc1cc(C(=O)NOC)cc(Cl)n1. The van der Waals surface area contributed by atoms with Crippen molar-refractivity contribution in [2.45, 2.75) is 0 Å². The predicted molar refractivity (Wildman–Crippen MR) is 53.3 cm³/mol. The Labute approximate surface area is 86.4 Å². The lowest BCUT2D eigenvalue weighted by Crippen LogP contribution is -2.22. The number of nitrogens with one attached hydrogen (secondary N) is 2. The molecule has 1 amide bonds. The van der Waals surface area contributed by atoms with Gasteiger partial charge in [-0.05, 0) is 12.1 Å². The molecule has 0 aliphatic heterocycles. The molecule has 0 aliphatic rings. The van der Waals surface area contributed by atoms with Crippen LogP contribution in [-0.4, -0.2) is 25.0 Å². The number of hydrogen-bond donors (Lipinski definition) is 2. The summed E-state index contributed by atoms with van der Waals surface area (Å²) in [6.07, 6.45) is 0. The Hall–Kier alpha value is -1.33. The number of rotatable bonds is 3. The molecule has 0 spiro atoms. The van der Waals surface area contributed by atoms with Crippen LogP contribution >= 0.6 is 11.6 Å². The smallest absolute Gasteiger partial charge is 0.275 e. The Balaban J connectivity index is 2.96. The molecule has 1 aromatic heterocycles. The molecule has 0 atom stereocenters. The summed E-state index contributed by atoms with van der Waals surface area (Å²) in [4.78, 5) is 19.7. The first-order valence-corrected chi connectivity index (χ1v) is 4.24. The minimum atomic E-state index is -0.367. The van der Waals surface area contributed by atoms with Gasteiger partial charge in [0, 0.05) is 12.6 Å². The highest BCUT2D eigenvalue weighted by Crippen LogP contribution is 2.13. The molecule has 0 saturated heterocycles. The van der Waals surface area contributed by atoms with Crippen molar-refractivity contribution in [1.82, 2.24) is 10.5 Å². The normalized spacial score (nSPS) is 9.64. The first-order valence-electron chi connectivity index (χ1n) is 3.86. The molecule has 0 radical (unpaired) electrons. The first-order chi connectivity index (χ1) is 6.67. The Morgan fingerprint density at radius 3 is 2.86 bits per heavy atom. The highest BCUT2D eigenvalue weighted by Gasteiger charge is 2.07. The van der Waals surface area contributed by atoms with E-state index in [4.69, 9.17) is 11.6 Å². The fourth-order valence-corrected chi connectivity index (χ4v) is 1.12. The zero-order valence-electron chi connectivity index (χ0n) is 7.80. The lowest BCUT2D eigenvalue weighted by molar-refractivity contribution is 0.0537. The van der Waals surface area contributed by atoms with Crippen LogP contribution in [0.15, 0.2) is 12.1 Å². The van der Waals surface area contributed by atoms with E-state index < -0.39 is 0 Å². The van der Waals surface area contributed by atoms with Gasteiger partial charge in [0.15, 0.2) is 0 Å². The molecule has 0 aromatic carbocycles. The van der Waals surface area contributed by atoms with Crippen LogP contribution in [0.4, 0.5) is 5.82 Å². The topological polar surface area (TPSA) is 63.2 Å². The third-order valence-corrected chi connectivity index (χ3v) is 1.70. The molecular formula is C8H10ClN3O2. The molecule has 6 heteroatoms. The van der Waals surface area contributed by atoms with Crippen molar-refractivity contribution in [2.75, 3.05) is 19.5 Å². The average molecular weight is 216 g/mol. The van der Waals surface area contributed by atoms with Crippen LogP contribution in [-0.2, 0) is 4.84 Å². The molecule has 76 valence electrons. The quantitative estimate of drug-likeness (QED) is 0.585. The number of carbonyl (C=O) groups is 1. The van der Waals surface area contributed by atoms with Crippen molar-refractivity contribution >= 4 is 23.3 Å². The van der Waals surface area contributed by atoms with Gasteiger partial charge in [0.2, 0.25) is 0 Å². The van der Waals surface area contributed by atoms with Gasteiger partial charge in [-0.3, -0.25) is 9.63 Å². The summed E-state index contributed by atoms with van der Waals surface area (Å²) >= 11 is 5.70. The van der Waals surface area contributed by atoms with Crippen LogP contribution in [0.3, 0.4) is 0 Å². The summed E-state index contributed by atoms with van der Waals surface area (Å²) in [5.41, 5.74) is 2.57. The number of hydrogen-bond acceptors (Lipinski definition) is 4. The number of hydroxylamine groups is 1. The fraction of sp³-hybridized carbons (Fsp3) is 0.250. The summed E-state index contributed by atoms with van der Waals surface area (Å²) in [5, 5.41) is 3.04. The zero-order valence-corrected chi connectivity index (χ0v) is 8.55. The maximum atomic E-state index is 11.3. The van der Waals surface area contributed by atoms with E-state index in [-0.39, 0.29) is 11.1 Å². The molecule has 0 saturated carbocycles. The van der Waals surface area contributed by atoms with E-state index in [0.717, 1.165) is 0 Å². The van der Waals surface area contributed by atoms with Crippen molar-refractivity contribution in [2.24, 2.45) is 0 Å². The van der Waals surface area contributed by atoms with Crippen LogP contribution < -0.4 is 10.8 Å². The second kappa shape index (κ2) is 4.78. The zero-order chi connectivity index (χ0) is 10.6. The van der Waals surface area contributed by atoms with Gasteiger partial charge in [-0.15, -0.1) is 0 Å². The molecule has 0 unspecified atom stereocenters. The van der Waals surface area contributed by atoms with Gasteiger partial charge < -0.3 is 5.32 Å². The minimum absolute atomic E-state index is 0.248. The first kappa shape index (κ1) is 10.7. The molecule has 0 bridgehead atoms. The third-order valence-electron chi connectivity index (χ3n) is 1.51. The van der Waals surface area contributed by atoms with E-state index in [1.165, 1.54) is 13.2 Å². The third kappa shape index (κ3) is 2.58. The highest BCUT2D eigenvalue weighted by molar-refractivity contribution is 6.29. The second-order valence-corrected chi connectivity index (χ2v) is 2.84. The van der Waals surface area contributed by atoms with Gasteiger partial charge in [0.25, 0.3) is 5.91 Å². The number of aromatic nitrogens is 1. The van der Waals surface area contributed by atoms with E-state index in [1.807, 2.05) is 0 Å². The number of nitrogens with zero attached hydrogens (tertiary/aromatic N) is 1. The lowest BCUT2D eigenvalue weighted by Gasteiger charge is -2.04. The molecular weight excluding hydrogens is 206 g/mol. The predicted octanol–water partition coefficient (Wildman–Crippen LogP) is 1.07. The van der Waals surface area contributed by atoms with Crippen molar-refractivity contribution in [1.29, 1.82) is 0 Å². The van der Waals surface area contributed by atoms with Crippen molar-refractivity contribution in [3.8, 4) is 0 Å². The molecule has 1 heterocycles. The maximum Gasteiger partial charge on any atom is 0.275 e. The summed E-state index contributed by atoms with van der Waals surface area (Å²) in [6.45, 7) is 0. The van der Waals surface area contributed by atoms with Crippen molar-refractivity contribution < 1.29 is 9.63 Å². The van der Waals surface area contributed by atoms with Gasteiger partial charge in [-0.2, -0.15) is 0 Å². The summed E-state index contributed by atoms with van der Waals surface area (Å²) in [5.74, 6) is 0.159. The Morgan fingerprint density at radius 2 is 2.29 bits per heavy atom. The number of halogens is 1. The molecule has 0 aliphatic carbocycles. The van der Waals surface area contributed by atoms with Crippen LogP contribution in [0.1, 0.15) is 10.4 Å². The van der Waals surface area contributed by atoms with Crippen LogP contribution in [0.2, 0.25) is 5.15 Å². The maximum absolute atomic E-state index is 11.3. The average Bonchev–Trinajstić information content (AvgIpc) is 2.17. The molecule has 1 aromatic rings. The lowest BCUT2D eigenvalue weighted by atomic mass is 10.2. The van der Waals surface area contributed by atoms with E-state index in [0.29, 0.717) is 11.4 Å². The molecule has 2 N–H and O–H groups in total. The van der Waals surface area contributed by atoms with Gasteiger partial charge in [-0.1, -0.05) is 11.6 Å². The van der Waals surface area contributed by atoms with E-state index in [2.05, 4.69) is 20.6 Å². The largest absolute Gasteiger partial charge is 0.373 e. The van der Waals surface area contributed by atoms with E-state index in [1.54, 1.807) is 13.1 Å². The van der Waals surface area contributed by atoms with Crippen LogP contribution in [0.25, 0.3) is 0 Å². The van der Waals surface area contributed by atoms with Crippen LogP contribution in [0.5, 0.6) is 0 Å². The van der Waals surface area contributed by atoms with Crippen LogP contribution in [0, 0.1) is 0 Å².